The molecule has 19 heavy (non-hydrogen) atoms. The van der Waals surface area contributed by atoms with E-state index in [-0.39, 0.29) is 0 Å². The van der Waals surface area contributed by atoms with Crippen molar-refractivity contribution in [2.24, 2.45) is 5.92 Å². The molecule has 0 saturated carbocycles. The fourth-order valence-corrected chi connectivity index (χ4v) is 2.74. The van der Waals surface area contributed by atoms with Gasteiger partial charge < -0.3 is 15.0 Å². The Kier molecular flexibility index (Phi) is 8.62. The summed E-state index contributed by atoms with van der Waals surface area (Å²) in [4.78, 5) is 4.95. The molecule has 0 amide bonds. The lowest BCUT2D eigenvalue weighted by atomic mass is 10.2. The van der Waals surface area contributed by atoms with Crippen LogP contribution in [0.2, 0.25) is 0 Å². The van der Waals surface area contributed by atoms with Crippen molar-refractivity contribution in [2.45, 2.75) is 33.3 Å². The molecule has 1 saturated heterocycles. The van der Waals surface area contributed by atoms with E-state index in [1.807, 2.05) is 0 Å². The van der Waals surface area contributed by atoms with E-state index in [2.05, 4.69) is 42.9 Å². The summed E-state index contributed by atoms with van der Waals surface area (Å²) in [5, 5.41) is 3.39. The van der Waals surface area contributed by atoms with E-state index < -0.39 is 0 Å². The van der Waals surface area contributed by atoms with Gasteiger partial charge in [0.15, 0.2) is 0 Å². The second-order valence-corrected chi connectivity index (χ2v) is 6.12. The Morgan fingerprint density at radius 3 is 2.89 bits per heavy atom. The average molecular weight is 271 g/mol. The van der Waals surface area contributed by atoms with Gasteiger partial charge in [-0.2, -0.15) is 0 Å². The second-order valence-electron chi connectivity index (χ2n) is 6.12. The quantitative estimate of drug-likeness (QED) is 0.639. The molecule has 114 valence electrons. The van der Waals surface area contributed by atoms with Crippen LogP contribution in [0.15, 0.2) is 0 Å². The van der Waals surface area contributed by atoms with Crippen molar-refractivity contribution < 1.29 is 4.74 Å². The normalized spacial score (nSPS) is 21.5. The van der Waals surface area contributed by atoms with Crippen molar-refractivity contribution in [1.29, 1.82) is 0 Å². The highest BCUT2D eigenvalue weighted by atomic mass is 16.5. The van der Waals surface area contributed by atoms with Crippen LogP contribution in [-0.4, -0.2) is 75.4 Å². The van der Waals surface area contributed by atoms with Crippen molar-refractivity contribution in [3.05, 3.63) is 0 Å². The van der Waals surface area contributed by atoms with Crippen LogP contribution in [0.5, 0.6) is 0 Å². The summed E-state index contributed by atoms with van der Waals surface area (Å²) < 4.78 is 5.89. The number of nitrogens with zero attached hydrogens (tertiary/aromatic N) is 2. The van der Waals surface area contributed by atoms with Gasteiger partial charge in [-0.15, -0.1) is 0 Å². The SMILES string of the molecule is CCNCCCN1CCO[C@H](CN(C)CC(C)C)C1. The van der Waals surface area contributed by atoms with Gasteiger partial charge >= 0.3 is 0 Å². The first-order chi connectivity index (χ1) is 9.11. The zero-order valence-electron chi connectivity index (χ0n) is 13.3. The standard InChI is InChI=1S/C15H33N3O/c1-5-16-7-6-8-18-9-10-19-15(13-18)12-17(4)11-14(2)3/h14-16H,5-13H2,1-4H3/t15-/m1/s1. The highest BCUT2D eigenvalue weighted by molar-refractivity contribution is 4.74. The maximum absolute atomic E-state index is 5.89. The first-order valence-corrected chi connectivity index (χ1v) is 7.85. The van der Waals surface area contributed by atoms with Crippen molar-refractivity contribution >= 4 is 0 Å². The van der Waals surface area contributed by atoms with E-state index in [4.69, 9.17) is 4.74 Å². The molecule has 1 heterocycles. The molecule has 0 aromatic rings. The van der Waals surface area contributed by atoms with Crippen LogP contribution in [0.1, 0.15) is 27.2 Å². The molecule has 0 aliphatic carbocycles. The largest absolute Gasteiger partial charge is 0.374 e. The molecule has 1 rings (SSSR count). The number of ether oxygens (including phenoxy) is 1. The third-order valence-corrected chi connectivity index (χ3v) is 3.49. The molecule has 1 atom stereocenters. The summed E-state index contributed by atoms with van der Waals surface area (Å²) in [5.74, 6) is 0.727. The molecular weight excluding hydrogens is 238 g/mol. The first-order valence-electron chi connectivity index (χ1n) is 7.85. The number of likely N-dealkylation sites (N-methyl/N-ethyl adjacent to an activating group) is 1. The number of nitrogens with one attached hydrogen (secondary N) is 1. The fourth-order valence-electron chi connectivity index (χ4n) is 2.74. The van der Waals surface area contributed by atoms with Gasteiger partial charge in [-0.3, -0.25) is 4.90 Å². The minimum atomic E-state index is 0.386. The van der Waals surface area contributed by atoms with Gasteiger partial charge in [0.05, 0.1) is 12.7 Å². The molecule has 1 aliphatic rings. The molecule has 0 radical (unpaired) electrons. The lowest BCUT2D eigenvalue weighted by Crippen LogP contribution is -2.47. The summed E-state index contributed by atoms with van der Waals surface area (Å²) in [5.41, 5.74) is 0. The number of hydrogen-bond donors (Lipinski definition) is 1. The molecule has 4 heteroatoms. The summed E-state index contributed by atoms with van der Waals surface area (Å²) in [6, 6.07) is 0. The predicted octanol–water partition coefficient (Wildman–Crippen LogP) is 1.27. The van der Waals surface area contributed by atoms with Gasteiger partial charge in [0.1, 0.15) is 0 Å². The van der Waals surface area contributed by atoms with Crippen LogP contribution >= 0.6 is 0 Å². The van der Waals surface area contributed by atoms with Crippen LogP contribution in [0.3, 0.4) is 0 Å². The topological polar surface area (TPSA) is 27.7 Å². The van der Waals surface area contributed by atoms with Gasteiger partial charge in [-0.05, 0) is 39.0 Å². The summed E-state index contributed by atoms with van der Waals surface area (Å²) in [6.07, 6.45) is 1.62. The molecule has 0 bridgehead atoms. The number of rotatable bonds is 9. The van der Waals surface area contributed by atoms with Gasteiger partial charge in [-0.1, -0.05) is 20.8 Å². The molecular formula is C15H33N3O. The lowest BCUT2D eigenvalue weighted by molar-refractivity contribution is -0.0414. The van der Waals surface area contributed by atoms with Crippen molar-refractivity contribution in [3.63, 3.8) is 0 Å². The minimum Gasteiger partial charge on any atom is -0.374 e. The zero-order valence-corrected chi connectivity index (χ0v) is 13.3. The molecule has 0 unspecified atom stereocenters. The zero-order chi connectivity index (χ0) is 14.1. The fraction of sp³-hybridized carbons (Fsp3) is 1.00. The Labute approximate surface area is 119 Å². The molecule has 1 fully saturated rings. The Bertz CT molecular complexity index is 223. The van der Waals surface area contributed by atoms with Crippen LogP contribution in [0.4, 0.5) is 0 Å². The van der Waals surface area contributed by atoms with E-state index in [1.54, 1.807) is 0 Å². The lowest BCUT2D eigenvalue weighted by Gasteiger charge is -2.35. The third-order valence-electron chi connectivity index (χ3n) is 3.49. The molecule has 1 aliphatic heterocycles. The van der Waals surface area contributed by atoms with Crippen LogP contribution in [-0.2, 0) is 4.74 Å². The molecule has 4 nitrogen and oxygen atoms in total. The van der Waals surface area contributed by atoms with E-state index in [0.717, 1.165) is 51.8 Å². The number of morpholine rings is 1. The van der Waals surface area contributed by atoms with Crippen LogP contribution in [0.25, 0.3) is 0 Å². The summed E-state index contributed by atoms with van der Waals surface area (Å²) in [7, 11) is 2.20. The molecule has 0 spiro atoms. The van der Waals surface area contributed by atoms with Gasteiger partial charge in [0, 0.05) is 26.2 Å². The molecule has 1 N–H and O–H groups in total. The van der Waals surface area contributed by atoms with Crippen LogP contribution in [0, 0.1) is 5.92 Å². The Balaban J connectivity index is 2.18. The smallest absolute Gasteiger partial charge is 0.0829 e. The minimum absolute atomic E-state index is 0.386. The van der Waals surface area contributed by atoms with Gasteiger partial charge in [-0.25, -0.2) is 0 Å². The van der Waals surface area contributed by atoms with Gasteiger partial charge in [0.25, 0.3) is 0 Å². The average Bonchev–Trinajstić information content (AvgIpc) is 2.34. The van der Waals surface area contributed by atoms with E-state index in [9.17, 15) is 0 Å². The van der Waals surface area contributed by atoms with Crippen LogP contribution < -0.4 is 5.32 Å². The number of hydrogen-bond acceptors (Lipinski definition) is 4. The first kappa shape index (κ1) is 16.9. The Morgan fingerprint density at radius 1 is 1.42 bits per heavy atom. The van der Waals surface area contributed by atoms with E-state index in [1.165, 1.54) is 13.0 Å². The van der Waals surface area contributed by atoms with Crippen molar-refractivity contribution in [1.82, 2.24) is 15.1 Å². The van der Waals surface area contributed by atoms with E-state index >= 15 is 0 Å². The van der Waals surface area contributed by atoms with E-state index in [0.29, 0.717) is 6.10 Å². The van der Waals surface area contributed by atoms with Crippen molar-refractivity contribution in [2.75, 3.05) is 59.5 Å². The Morgan fingerprint density at radius 2 is 2.21 bits per heavy atom. The van der Waals surface area contributed by atoms with Gasteiger partial charge in [0.2, 0.25) is 0 Å². The Hall–Kier alpha value is -0.160. The molecule has 0 aromatic carbocycles. The summed E-state index contributed by atoms with van der Waals surface area (Å²) in [6.45, 7) is 15.4. The second kappa shape index (κ2) is 9.70. The third kappa shape index (κ3) is 7.88. The maximum Gasteiger partial charge on any atom is 0.0829 e. The van der Waals surface area contributed by atoms with Crippen molar-refractivity contribution in [3.8, 4) is 0 Å². The maximum atomic E-state index is 5.89. The summed E-state index contributed by atoms with van der Waals surface area (Å²) >= 11 is 0. The highest BCUT2D eigenvalue weighted by Crippen LogP contribution is 2.08. The predicted molar refractivity (Wildman–Crippen MR) is 81.7 cm³/mol. The monoisotopic (exact) mass is 271 g/mol. The highest BCUT2D eigenvalue weighted by Gasteiger charge is 2.21. The molecule has 0 aromatic heterocycles.